The molecule has 1 aliphatic heterocycles. The van der Waals surface area contributed by atoms with Crippen LogP contribution in [-0.2, 0) is 10.2 Å². The average molecular weight is 394 g/mol. The Balaban J connectivity index is 1.61. The number of pyridine rings is 1. The second kappa shape index (κ2) is 7.87. The summed E-state index contributed by atoms with van der Waals surface area (Å²) in [6, 6.07) is 9.90. The second-order valence-corrected chi connectivity index (χ2v) is 7.68. The number of carbonyl (C=O) groups excluding carboxylic acids is 1. The number of fused-ring (bicyclic) bond motifs is 1. The Kier molecular flexibility index (Phi) is 5.28. The van der Waals surface area contributed by atoms with E-state index in [9.17, 15) is 4.79 Å². The van der Waals surface area contributed by atoms with Gasteiger partial charge in [-0.1, -0.05) is 6.07 Å². The maximum Gasteiger partial charge on any atom is 0.344 e. The molecule has 1 aromatic carbocycles. The predicted octanol–water partition coefficient (Wildman–Crippen LogP) is 3.58. The Bertz CT molecular complexity index is 928. The molecule has 0 N–H and O–H groups in total. The van der Waals surface area contributed by atoms with E-state index in [0.29, 0.717) is 12.0 Å². The summed E-state index contributed by atoms with van der Waals surface area (Å²) in [5, 5.41) is 0. The van der Waals surface area contributed by atoms with Crippen molar-refractivity contribution < 1.29 is 19.0 Å². The van der Waals surface area contributed by atoms with Crippen molar-refractivity contribution in [1.82, 2.24) is 9.88 Å². The number of rotatable bonds is 5. The molecule has 4 rings (SSSR count). The van der Waals surface area contributed by atoms with Gasteiger partial charge in [0, 0.05) is 30.3 Å². The van der Waals surface area contributed by atoms with Gasteiger partial charge in [-0.25, -0.2) is 4.79 Å². The fourth-order valence-corrected chi connectivity index (χ4v) is 4.62. The van der Waals surface area contributed by atoms with Crippen LogP contribution in [-0.4, -0.2) is 49.7 Å². The first kappa shape index (κ1) is 19.5. The van der Waals surface area contributed by atoms with Crippen molar-refractivity contribution in [3.8, 4) is 11.5 Å². The first-order valence-corrected chi connectivity index (χ1v) is 9.81. The number of carbonyl (C=O) groups is 1. The van der Waals surface area contributed by atoms with Crippen LogP contribution in [0.3, 0.4) is 0 Å². The summed E-state index contributed by atoms with van der Waals surface area (Å²) < 4.78 is 16.6. The van der Waals surface area contributed by atoms with Gasteiger partial charge in [-0.15, -0.1) is 0 Å². The van der Waals surface area contributed by atoms with Crippen molar-refractivity contribution in [1.29, 1.82) is 0 Å². The second-order valence-electron chi connectivity index (χ2n) is 7.68. The Morgan fingerprint density at radius 2 is 2.03 bits per heavy atom. The molecule has 2 unspecified atom stereocenters. The summed E-state index contributed by atoms with van der Waals surface area (Å²) in [5.41, 5.74) is 1.67. The van der Waals surface area contributed by atoms with E-state index < -0.39 is 0 Å². The molecule has 0 bridgehead atoms. The molecule has 29 heavy (non-hydrogen) atoms. The van der Waals surface area contributed by atoms with E-state index in [1.165, 1.54) is 11.8 Å². The minimum atomic E-state index is -0.358. The van der Waals surface area contributed by atoms with Crippen LogP contribution in [0.25, 0.3) is 0 Å². The summed E-state index contributed by atoms with van der Waals surface area (Å²) in [6.07, 6.45) is 7.79. The van der Waals surface area contributed by atoms with Gasteiger partial charge in [0.2, 0.25) is 0 Å². The van der Waals surface area contributed by atoms with Crippen LogP contribution in [0.15, 0.2) is 54.6 Å². The molecule has 1 fully saturated rings. The minimum absolute atomic E-state index is 0.0293. The van der Waals surface area contributed by atoms with Crippen LogP contribution in [0.4, 0.5) is 0 Å². The Labute approximate surface area is 171 Å². The Morgan fingerprint density at radius 3 is 2.76 bits per heavy atom. The smallest absolute Gasteiger partial charge is 0.344 e. The molecule has 6 nitrogen and oxygen atoms in total. The number of likely N-dealkylation sites (tertiary alicyclic amines) is 1. The standard InChI is InChI=1S/C23H26N2O4/c1-25-12-10-23(17-6-7-19(27-2)20(13-17)28-3)9-8-18(14-21(23)25)29-22(26)16-5-4-11-24-15-16/h4-8,11,13,15,21H,9-10,12,14H2,1-3H3. The molecule has 0 radical (unpaired) electrons. The van der Waals surface area contributed by atoms with Gasteiger partial charge in [-0.2, -0.15) is 0 Å². The lowest BCUT2D eigenvalue weighted by Gasteiger charge is -2.40. The van der Waals surface area contributed by atoms with Gasteiger partial charge in [0.25, 0.3) is 0 Å². The van der Waals surface area contributed by atoms with Crippen LogP contribution in [0.5, 0.6) is 11.5 Å². The monoisotopic (exact) mass is 394 g/mol. The SMILES string of the molecule is COc1ccc(C23CC=C(OC(=O)c4cccnc4)CC2N(C)CC3)cc1OC. The quantitative estimate of drug-likeness (QED) is 0.723. The molecule has 152 valence electrons. The summed E-state index contributed by atoms with van der Waals surface area (Å²) in [4.78, 5) is 18.8. The lowest BCUT2D eigenvalue weighted by atomic mass is 9.68. The number of allylic oxidation sites excluding steroid dienone is 1. The number of methoxy groups -OCH3 is 2. The summed E-state index contributed by atoms with van der Waals surface area (Å²) >= 11 is 0. The Morgan fingerprint density at radius 1 is 1.21 bits per heavy atom. The number of hydrogen-bond acceptors (Lipinski definition) is 6. The number of hydrogen-bond donors (Lipinski definition) is 0. The van der Waals surface area contributed by atoms with E-state index in [-0.39, 0.29) is 17.4 Å². The van der Waals surface area contributed by atoms with Crippen molar-refractivity contribution in [2.75, 3.05) is 27.8 Å². The molecule has 2 heterocycles. The van der Waals surface area contributed by atoms with Gasteiger partial charge in [-0.05, 0) is 62.3 Å². The highest BCUT2D eigenvalue weighted by Crippen LogP contribution is 2.49. The van der Waals surface area contributed by atoms with Crippen LogP contribution in [0.2, 0.25) is 0 Å². The molecular weight excluding hydrogens is 368 g/mol. The lowest BCUT2D eigenvalue weighted by molar-refractivity contribution is 0.0579. The highest BCUT2D eigenvalue weighted by molar-refractivity contribution is 5.89. The molecule has 2 aliphatic rings. The fourth-order valence-electron chi connectivity index (χ4n) is 4.62. The average Bonchev–Trinajstić information content (AvgIpc) is 3.11. The maximum absolute atomic E-state index is 12.4. The molecular formula is C23H26N2O4. The number of likely N-dealkylation sites (N-methyl/N-ethyl adjacent to an activating group) is 1. The van der Waals surface area contributed by atoms with Gasteiger partial charge in [-0.3, -0.25) is 4.98 Å². The van der Waals surface area contributed by atoms with Crippen LogP contribution in [0.1, 0.15) is 35.2 Å². The van der Waals surface area contributed by atoms with Gasteiger partial charge in [0.15, 0.2) is 11.5 Å². The van der Waals surface area contributed by atoms with E-state index in [1.54, 1.807) is 32.5 Å². The van der Waals surface area contributed by atoms with Crippen molar-refractivity contribution in [3.05, 3.63) is 65.7 Å². The van der Waals surface area contributed by atoms with Crippen molar-refractivity contribution in [3.63, 3.8) is 0 Å². The van der Waals surface area contributed by atoms with E-state index in [4.69, 9.17) is 14.2 Å². The van der Waals surface area contributed by atoms with Gasteiger partial charge in [0.1, 0.15) is 5.76 Å². The van der Waals surface area contributed by atoms with E-state index in [2.05, 4.69) is 35.1 Å². The fraction of sp³-hybridized carbons (Fsp3) is 0.391. The third-order valence-corrected chi connectivity index (χ3v) is 6.25. The van der Waals surface area contributed by atoms with E-state index in [1.807, 2.05) is 6.07 Å². The lowest BCUT2D eigenvalue weighted by Crippen LogP contribution is -2.43. The molecule has 1 aromatic heterocycles. The van der Waals surface area contributed by atoms with Gasteiger partial charge >= 0.3 is 5.97 Å². The van der Waals surface area contributed by atoms with Crippen molar-refractivity contribution in [2.24, 2.45) is 0 Å². The highest BCUT2D eigenvalue weighted by atomic mass is 16.5. The number of esters is 1. The van der Waals surface area contributed by atoms with E-state index in [0.717, 1.165) is 36.6 Å². The number of ether oxygens (including phenoxy) is 3. The summed E-state index contributed by atoms with van der Waals surface area (Å²) in [5.74, 6) is 1.84. The minimum Gasteiger partial charge on any atom is -0.493 e. The Hall–Kier alpha value is -2.86. The third-order valence-electron chi connectivity index (χ3n) is 6.25. The van der Waals surface area contributed by atoms with Gasteiger partial charge < -0.3 is 19.1 Å². The van der Waals surface area contributed by atoms with E-state index >= 15 is 0 Å². The molecule has 0 amide bonds. The topological polar surface area (TPSA) is 60.9 Å². The third kappa shape index (κ3) is 3.49. The van der Waals surface area contributed by atoms with Crippen molar-refractivity contribution in [2.45, 2.75) is 30.7 Å². The first-order valence-electron chi connectivity index (χ1n) is 9.81. The molecule has 1 saturated heterocycles. The zero-order chi connectivity index (χ0) is 20.4. The maximum atomic E-state index is 12.4. The van der Waals surface area contributed by atoms with Crippen molar-refractivity contribution >= 4 is 5.97 Å². The zero-order valence-corrected chi connectivity index (χ0v) is 17.1. The predicted molar refractivity (Wildman–Crippen MR) is 109 cm³/mol. The largest absolute Gasteiger partial charge is 0.493 e. The molecule has 1 aliphatic carbocycles. The van der Waals surface area contributed by atoms with Crippen LogP contribution < -0.4 is 9.47 Å². The molecule has 2 aromatic rings. The summed E-state index contributed by atoms with van der Waals surface area (Å²) in [6.45, 7) is 0.997. The first-order chi connectivity index (χ1) is 14.1. The molecule has 6 heteroatoms. The normalized spacial score (nSPS) is 23.8. The molecule has 2 atom stereocenters. The van der Waals surface area contributed by atoms with Gasteiger partial charge in [0.05, 0.1) is 19.8 Å². The van der Waals surface area contributed by atoms with Crippen LogP contribution in [0, 0.1) is 0 Å². The number of aromatic nitrogens is 1. The number of nitrogens with zero attached hydrogens (tertiary/aromatic N) is 2. The molecule has 0 saturated carbocycles. The highest BCUT2D eigenvalue weighted by Gasteiger charge is 2.49. The van der Waals surface area contributed by atoms with Crippen LogP contribution >= 0.6 is 0 Å². The number of benzene rings is 1. The summed E-state index contributed by atoms with van der Waals surface area (Å²) in [7, 11) is 5.45. The zero-order valence-electron chi connectivity index (χ0n) is 17.1. The molecule has 0 spiro atoms.